The first-order chi connectivity index (χ1) is 16.7. The summed E-state index contributed by atoms with van der Waals surface area (Å²) >= 11 is 5.67. The molecule has 0 saturated heterocycles. The number of halogens is 3. The van der Waals surface area contributed by atoms with Crippen molar-refractivity contribution < 1.29 is 23.1 Å². The number of hydrogen-bond acceptors (Lipinski definition) is 4. The molecule has 0 atom stereocenters. The molecule has 3 aromatic rings. The number of nitrogens with zero attached hydrogens (tertiary/aromatic N) is 2. The molecule has 0 unspecified atom stereocenters. The van der Waals surface area contributed by atoms with E-state index in [0.29, 0.717) is 43.4 Å². The van der Waals surface area contributed by atoms with Crippen molar-refractivity contribution in [3.8, 4) is 5.75 Å². The molecule has 2 aliphatic carbocycles. The molecular weight excluding hydrogens is 478 g/mol. The molecule has 7 nitrogen and oxygen atoms in total. The summed E-state index contributed by atoms with van der Waals surface area (Å²) in [6.45, 7) is -0.0203. The zero-order valence-corrected chi connectivity index (χ0v) is 19.9. The largest absolute Gasteiger partial charge is 0.484 e. The third-order valence-electron chi connectivity index (χ3n) is 7.33. The second kappa shape index (κ2) is 8.78. The fourth-order valence-electron chi connectivity index (χ4n) is 5.46. The van der Waals surface area contributed by atoms with Gasteiger partial charge in [0.1, 0.15) is 23.2 Å². The van der Waals surface area contributed by atoms with Gasteiger partial charge in [0.15, 0.2) is 6.61 Å². The van der Waals surface area contributed by atoms with Crippen LogP contribution in [0.25, 0.3) is 11.0 Å². The summed E-state index contributed by atoms with van der Waals surface area (Å²) < 4.78 is 34.3. The van der Waals surface area contributed by atoms with Crippen molar-refractivity contribution in [3.63, 3.8) is 0 Å². The van der Waals surface area contributed by atoms with Crippen molar-refractivity contribution in [1.29, 1.82) is 0 Å². The number of ether oxygens (including phenoxy) is 1. The summed E-state index contributed by atoms with van der Waals surface area (Å²) in [7, 11) is 1.83. The molecule has 10 heteroatoms. The number of fused-ring (bicyclic) bond motifs is 3. The Morgan fingerprint density at radius 2 is 1.91 bits per heavy atom. The quantitative estimate of drug-likeness (QED) is 0.511. The fourth-order valence-corrected chi connectivity index (χ4v) is 5.58. The Labute approximate surface area is 205 Å². The highest BCUT2D eigenvalue weighted by Crippen LogP contribution is 2.56. The highest BCUT2D eigenvalue weighted by Gasteiger charge is 2.58. The van der Waals surface area contributed by atoms with E-state index in [2.05, 4.69) is 15.6 Å². The summed E-state index contributed by atoms with van der Waals surface area (Å²) in [6.07, 6.45) is 3.31. The van der Waals surface area contributed by atoms with Gasteiger partial charge in [0.05, 0.1) is 28.0 Å². The molecule has 2 saturated carbocycles. The number of rotatable bonds is 7. The molecule has 2 aromatic carbocycles. The minimum atomic E-state index is -0.614. The van der Waals surface area contributed by atoms with Gasteiger partial charge in [0.25, 0.3) is 5.91 Å². The Morgan fingerprint density at radius 3 is 2.66 bits per heavy atom. The molecule has 0 radical (unpaired) electrons. The van der Waals surface area contributed by atoms with E-state index in [9.17, 15) is 18.4 Å². The van der Waals surface area contributed by atoms with Crippen LogP contribution in [-0.4, -0.2) is 33.5 Å². The number of amides is 2. The standard InChI is InChI=1S/C25H25ClF2N4O3/c1-32-20-5-2-15(27)10-19(20)30-21(32)12-29-23(34)24-6-8-25(14-24,9-7-24)31-22(33)13-35-16-3-4-17(26)18(28)11-16/h2-5,10-11H,6-9,12-14H2,1H3,(H,29,34)(H,31,33). The topological polar surface area (TPSA) is 85.2 Å². The molecular formula is C25H25ClF2N4O3. The van der Waals surface area contributed by atoms with Gasteiger partial charge in [0.2, 0.25) is 5.91 Å². The van der Waals surface area contributed by atoms with Crippen LogP contribution in [0.1, 0.15) is 37.9 Å². The third kappa shape index (κ3) is 4.45. The van der Waals surface area contributed by atoms with Crippen LogP contribution < -0.4 is 15.4 Å². The van der Waals surface area contributed by atoms with Crippen LogP contribution in [0.2, 0.25) is 5.02 Å². The molecule has 1 aromatic heterocycles. The van der Waals surface area contributed by atoms with E-state index in [-0.39, 0.29) is 41.6 Å². The summed E-state index contributed by atoms with van der Waals surface area (Å²) in [5, 5.41) is 6.04. The van der Waals surface area contributed by atoms with Gasteiger partial charge in [-0.15, -0.1) is 0 Å². The Morgan fingerprint density at radius 1 is 1.14 bits per heavy atom. The molecule has 184 valence electrons. The molecule has 1 heterocycles. The van der Waals surface area contributed by atoms with E-state index in [0.717, 1.165) is 11.6 Å². The lowest BCUT2D eigenvalue weighted by Gasteiger charge is -2.28. The maximum absolute atomic E-state index is 13.6. The average molecular weight is 503 g/mol. The number of aromatic nitrogens is 2. The summed E-state index contributed by atoms with van der Waals surface area (Å²) in [6, 6.07) is 8.43. The Hall–Kier alpha value is -3.20. The van der Waals surface area contributed by atoms with Crippen LogP contribution in [-0.2, 0) is 23.2 Å². The maximum Gasteiger partial charge on any atom is 0.258 e. The normalized spacial score (nSPS) is 23.0. The molecule has 0 spiro atoms. The van der Waals surface area contributed by atoms with Crippen molar-refractivity contribution >= 4 is 34.4 Å². The molecule has 2 amide bonds. The predicted octanol–water partition coefficient (Wildman–Crippen LogP) is 4.02. The number of imidazole rings is 1. The highest BCUT2D eigenvalue weighted by molar-refractivity contribution is 6.30. The van der Waals surface area contributed by atoms with Crippen molar-refractivity contribution in [3.05, 3.63) is 58.9 Å². The number of carbonyl (C=O) groups is 2. The Bertz CT molecular complexity index is 1320. The summed E-state index contributed by atoms with van der Waals surface area (Å²) in [5.41, 5.74) is 0.352. The van der Waals surface area contributed by atoms with Gasteiger partial charge < -0.3 is 19.9 Å². The molecule has 35 heavy (non-hydrogen) atoms. The smallest absolute Gasteiger partial charge is 0.258 e. The van der Waals surface area contributed by atoms with Gasteiger partial charge >= 0.3 is 0 Å². The van der Waals surface area contributed by atoms with Gasteiger partial charge in [0, 0.05) is 24.7 Å². The van der Waals surface area contributed by atoms with Crippen LogP contribution in [0.4, 0.5) is 8.78 Å². The number of aryl methyl sites for hydroxylation is 1. The van der Waals surface area contributed by atoms with Gasteiger partial charge in [-0.3, -0.25) is 9.59 Å². The first-order valence-corrected chi connectivity index (χ1v) is 11.8. The number of carbonyl (C=O) groups excluding carboxylic acids is 2. The highest BCUT2D eigenvalue weighted by atomic mass is 35.5. The molecule has 2 aliphatic rings. The van der Waals surface area contributed by atoms with E-state index in [1.807, 2.05) is 11.6 Å². The zero-order chi connectivity index (χ0) is 24.8. The number of nitrogens with one attached hydrogen (secondary N) is 2. The SMILES string of the molecule is Cn1c(CNC(=O)C23CCC(NC(=O)COc4ccc(Cl)c(F)c4)(CC2)C3)nc2cc(F)ccc21. The average Bonchev–Trinajstić information content (AvgIpc) is 3.48. The third-order valence-corrected chi connectivity index (χ3v) is 7.64. The molecule has 2 N–H and O–H groups in total. The van der Waals surface area contributed by atoms with E-state index < -0.39 is 16.8 Å². The second-order valence-corrected chi connectivity index (χ2v) is 9.96. The number of benzene rings is 2. The van der Waals surface area contributed by atoms with Crippen molar-refractivity contribution in [2.24, 2.45) is 12.5 Å². The van der Waals surface area contributed by atoms with Gasteiger partial charge in [-0.05, 0) is 56.4 Å². The van der Waals surface area contributed by atoms with E-state index in [1.165, 1.54) is 24.3 Å². The lowest BCUT2D eigenvalue weighted by Crippen LogP contribution is -2.47. The second-order valence-electron chi connectivity index (χ2n) is 9.55. The summed E-state index contributed by atoms with van der Waals surface area (Å²) in [4.78, 5) is 30.2. The van der Waals surface area contributed by atoms with Crippen LogP contribution >= 0.6 is 11.6 Å². The van der Waals surface area contributed by atoms with Gasteiger partial charge in [-0.1, -0.05) is 11.6 Å². The molecule has 2 fully saturated rings. The molecule has 2 bridgehead atoms. The number of hydrogen-bond donors (Lipinski definition) is 2. The van der Waals surface area contributed by atoms with Crippen molar-refractivity contribution in [2.75, 3.05) is 6.61 Å². The van der Waals surface area contributed by atoms with Gasteiger partial charge in [-0.2, -0.15) is 0 Å². The van der Waals surface area contributed by atoms with Crippen LogP contribution in [0, 0.1) is 17.0 Å². The monoisotopic (exact) mass is 502 g/mol. The minimum Gasteiger partial charge on any atom is -0.484 e. The zero-order valence-electron chi connectivity index (χ0n) is 19.2. The Kier molecular flexibility index (Phi) is 5.91. The first kappa shape index (κ1) is 23.5. The minimum absolute atomic E-state index is 0.0164. The molecule has 5 rings (SSSR count). The maximum atomic E-state index is 13.6. The molecule has 0 aliphatic heterocycles. The lowest BCUT2D eigenvalue weighted by molar-refractivity contribution is -0.131. The van der Waals surface area contributed by atoms with Gasteiger partial charge in [-0.25, -0.2) is 13.8 Å². The fraction of sp³-hybridized carbons (Fsp3) is 0.400. The van der Waals surface area contributed by atoms with Crippen molar-refractivity contribution in [1.82, 2.24) is 20.2 Å². The first-order valence-electron chi connectivity index (χ1n) is 11.5. The van der Waals surface area contributed by atoms with Crippen LogP contribution in [0.15, 0.2) is 36.4 Å². The van der Waals surface area contributed by atoms with Crippen LogP contribution in [0.3, 0.4) is 0 Å². The van der Waals surface area contributed by atoms with E-state index >= 15 is 0 Å². The van der Waals surface area contributed by atoms with Crippen molar-refractivity contribution in [2.45, 2.75) is 44.2 Å². The Balaban J connectivity index is 1.17. The van der Waals surface area contributed by atoms with Crippen LogP contribution in [0.5, 0.6) is 5.75 Å². The van der Waals surface area contributed by atoms with E-state index in [1.54, 1.807) is 6.07 Å². The predicted molar refractivity (Wildman–Crippen MR) is 126 cm³/mol. The lowest BCUT2D eigenvalue weighted by atomic mass is 9.83. The van der Waals surface area contributed by atoms with E-state index in [4.69, 9.17) is 16.3 Å². The summed E-state index contributed by atoms with van der Waals surface area (Å²) in [5.74, 6) is -0.484.